The Bertz CT molecular complexity index is 751. The number of rotatable bonds is 3. The molecule has 0 radical (unpaired) electrons. The molecular weight excluding hydrogens is 337 g/mol. The number of nitrogen functional groups attached to an aromatic ring is 1. The molecule has 21 heavy (non-hydrogen) atoms. The van der Waals surface area contributed by atoms with Gasteiger partial charge in [0.15, 0.2) is 5.82 Å². The molecule has 3 rings (SSSR count). The van der Waals surface area contributed by atoms with Crippen molar-refractivity contribution in [1.82, 2.24) is 10.1 Å². The molecule has 4 nitrogen and oxygen atoms in total. The lowest BCUT2D eigenvalue weighted by atomic mass is 10.1. The quantitative estimate of drug-likeness (QED) is 0.731. The van der Waals surface area contributed by atoms with Crippen LogP contribution in [0.2, 0.25) is 0 Å². The second-order valence-corrected chi connectivity index (χ2v) is 5.44. The number of nitrogens with two attached hydrogens (primary N) is 1. The molecule has 0 atom stereocenters. The third-order valence-corrected chi connectivity index (χ3v) is 3.53. The zero-order chi connectivity index (χ0) is 14.8. The van der Waals surface area contributed by atoms with Gasteiger partial charge in [-0.15, -0.1) is 0 Å². The van der Waals surface area contributed by atoms with E-state index in [0.717, 1.165) is 10.0 Å². The van der Waals surface area contributed by atoms with Crippen molar-refractivity contribution in [2.75, 3.05) is 5.73 Å². The molecule has 0 saturated carbocycles. The lowest BCUT2D eigenvalue weighted by molar-refractivity contribution is 0.422. The van der Waals surface area contributed by atoms with Crippen molar-refractivity contribution in [3.63, 3.8) is 0 Å². The van der Waals surface area contributed by atoms with Crippen LogP contribution in [0.15, 0.2) is 51.5 Å². The SMILES string of the molecule is Nc1cccc(F)c1-c1nc(Cc2ccc(Br)cc2)no1. The fourth-order valence-corrected chi connectivity index (χ4v) is 2.24. The number of halogens is 2. The van der Waals surface area contributed by atoms with Crippen LogP contribution in [0.3, 0.4) is 0 Å². The van der Waals surface area contributed by atoms with E-state index in [1.807, 2.05) is 24.3 Å². The number of hydrogen-bond acceptors (Lipinski definition) is 4. The van der Waals surface area contributed by atoms with E-state index in [1.54, 1.807) is 6.07 Å². The van der Waals surface area contributed by atoms with Gasteiger partial charge in [-0.2, -0.15) is 4.98 Å². The van der Waals surface area contributed by atoms with Gasteiger partial charge in [0.1, 0.15) is 5.82 Å². The first-order chi connectivity index (χ1) is 10.1. The Morgan fingerprint density at radius 1 is 1.14 bits per heavy atom. The highest BCUT2D eigenvalue weighted by Crippen LogP contribution is 2.27. The van der Waals surface area contributed by atoms with Crippen LogP contribution in [-0.2, 0) is 6.42 Å². The third-order valence-electron chi connectivity index (χ3n) is 3.00. The molecule has 0 aliphatic heterocycles. The highest BCUT2D eigenvalue weighted by molar-refractivity contribution is 9.10. The summed E-state index contributed by atoms with van der Waals surface area (Å²) in [7, 11) is 0. The summed E-state index contributed by atoms with van der Waals surface area (Å²) in [5.74, 6) is 0.0986. The van der Waals surface area contributed by atoms with Crippen LogP contribution in [0.25, 0.3) is 11.5 Å². The first kappa shape index (κ1) is 13.8. The van der Waals surface area contributed by atoms with Gasteiger partial charge in [0.25, 0.3) is 5.89 Å². The van der Waals surface area contributed by atoms with Crippen molar-refractivity contribution in [3.8, 4) is 11.5 Å². The highest BCUT2D eigenvalue weighted by Gasteiger charge is 2.16. The van der Waals surface area contributed by atoms with Crippen molar-refractivity contribution < 1.29 is 8.91 Å². The molecule has 1 aromatic heterocycles. The van der Waals surface area contributed by atoms with E-state index >= 15 is 0 Å². The van der Waals surface area contributed by atoms with Gasteiger partial charge in [0, 0.05) is 16.6 Å². The normalized spacial score (nSPS) is 10.8. The molecular formula is C15H11BrFN3O. The minimum Gasteiger partial charge on any atom is -0.398 e. The average Bonchev–Trinajstić information content (AvgIpc) is 2.89. The van der Waals surface area contributed by atoms with Crippen LogP contribution < -0.4 is 5.73 Å². The molecule has 0 spiro atoms. The lowest BCUT2D eigenvalue weighted by Crippen LogP contribution is -1.94. The molecule has 3 aromatic rings. The van der Waals surface area contributed by atoms with E-state index < -0.39 is 5.82 Å². The summed E-state index contributed by atoms with van der Waals surface area (Å²) >= 11 is 3.38. The van der Waals surface area contributed by atoms with E-state index in [4.69, 9.17) is 10.3 Å². The summed E-state index contributed by atoms with van der Waals surface area (Å²) in [6, 6.07) is 12.2. The van der Waals surface area contributed by atoms with Gasteiger partial charge in [-0.05, 0) is 29.8 Å². The Labute approximate surface area is 128 Å². The van der Waals surface area contributed by atoms with Crippen LogP contribution in [0.5, 0.6) is 0 Å². The molecule has 0 amide bonds. The second kappa shape index (κ2) is 5.65. The largest absolute Gasteiger partial charge is 0.398 e. The molecule has 0 aliphatic rings. The monoisotopic (exact) mass is 347 g/mol. The Kier molecular flexibility index (Phi) is 3.70. The van der Waals surface area contributed by atoms with Gasteiger partial charge in [-0.3, -0.25) is 0 Å². The van der Waals surface area contributed by atoms with E-state index in [0.29, 0.717) is 12.2 Å². The fourth-order valence-electron chi connectivity index (χ4n) is 1.98. The molecule has 0 aliphatic carbocycles. The number of aromatic nitrogens is 2. The molecule has 6 heteroatoms. The maximum Gasteiger partial charge on any atom is 0.263 e. The van der Waals surface area contributed by atoms with Crippen LogP contribution in [0, 0.1) is 5.82 Å². The minimum atomic E-state index is -0.478. The van der Waals surface area contributed by atoms with Crippen LogP contribution in [0.1, 0.15) is 11.4 Å². The minimum absolute atomic E-state index is 0.0951. The van der Waals surface area contributed by atoms with Crippen molar-refractivity contribution in [3.05, 3.63) is 64.1 Å². The van der Waals surface area contributed by atoms with Crippen LogP contribution in [-0.4, -0.2) is 10.1 Å². The number of anilines is 1. The van der Waals surface area contributed by atoms with Gasteiger partial charge < -0.3 is 10.3 Å². The van der Waals surface area contributed by atoms with E-state index in [9.17, 15) is 4.39 Å². The lowest BCUT2D eigenvalue weighted by Gasteiger charge is -2.00. The number of hydrogen-bond donors (Lipinski definition) is 1. The fraction of sp³-hybridized carbons (Fsp3) is 0.0667. The topological polar surface area (TPSA) is 64.9 Å². The Morgan fingerprint density at radius 3 is 2.62 bits per heavy atom. The Hall–Kier alpha value is -2.21. The molecule has 0 unspecified atom stereocenters. The predicted octanol–water partition coefficient (Wildman–Crippen LogP) is 3.81. The van der Waals surface area contributed by atoms with Crippen molar-refractivity contribution >= 4 is 21.6 Å². The van der Waals surface area contributed by atoms with Gasteiger partial charge in [0.2, 0.25) is 0 Å². The first-order valence-electron chi connectivity index (χ1n) is 6.25. The second-order valence-electron chi connectivity index (χ2n) is 4.52. The number of nitrogens with zero attached hydrogens (tertiary/aromatic N) is 2. The Balaban J connectivity index is 1.88. The standard InChI is InChI=1S/C15H11BrFN3O/c16-10-6-4-9(5-7-10)8-13-19-15(21-20-13)14-11(17)2-1-3-12(14)18/h1-7H,8,18H2. The molecule has 0 saturated heterocycles. The maximum atomic E-state index is 13.8. The predicted molar refractivity (Wildman–Crippen MR) is 81.1 cm³/mol. The Morgan fingerprint density at radius 2 is 1.90 bits per heavy atom. The molecule has 2 N–H and O–H groups in total. The first-order valence-corrected chi connectivity index (χ1v) is 7.04. The van der Waals surface area contributed by atoms with E-state index in [-0.39, 0.29) is 17.1 Å². The third kappa shape index (κ3) is 2.95. The van der Waals surface area contributed by atoms with Crippen LogP contribution >= 0.6 is 15.9 Å². The van der Waals surface area contributed by atoms with Crippen LogP contribution in [0.4, 0.5) is 10.1 Å². The smallest absolute Gasteiger partial charge is 0.263 e. The average molecular weight is 348 g/mol. The van der Waals surface area contributed by atoms with Crippen molar-refractivity contribution in [2.24, 2.45) is 0 Å². The summed E-state index contributed by atoms with van der Waals surface area (Å²) < 4.78 is 19.9. The van der Waals surface area contributed by atoms with Crippen molar-refractivity contribution in [1.29, 1.82) is 0 Å². The summed E-state index contributed by atoms with van der Waals surface area (Å²) in [5.41, 5.74) is 7.21. The van der Waals surface area contributed by atoms with Gasteiger partial charge in [0.05, 0.1) is 5.56 Å². The van der Waals surface area contributed by atoms with Gasteiger partial charge in [-0.25, -0.2) is 4.39 Å². The van der Waals surface area contributed by atoms with E-state index in [1.165, 1.54) is 12.1 Å². The zero-order valence-corrected chi connectivity index (χ0v) is 12.5. The number of benzene rings is 2. The molecule has 106 valence electrons. The van der Waals surface area contributed by atoms with Crippen molar-refractivity contribution in [2.45, 2.75) is 6.42 Å². The maximum absolute atomic E-state index is 13.8. The zero-order valence-electron chi connectivity index (χ0n) is 10.9. The molecule has 0 bridgehead atoms. The van der Waals surface area contributed by atoms with Gasteiger partial charge >= 0.3 is 0 Å². The highest BCUT2D eigenvalue weighted by atomic mass is 79.9. The molecule has 1 heterocycles. The molecule has 0 fully saturated rings. The summed E-state index contributed by atoms with van der Waals surface area (Å²) in [6.45, 7) is 0. The summed E-state index contributed by atoms with van der Waals surface area (Å²) in [5, 5.41) is 3.87. The summed E-state index contributed by atoms with van der Waals surface area (Å²) in [4.78, 5) is 4.21. The summed E-state index contributed by atoms with van der Waals surface area (Å²) in [6.07, 6.45) is 0.505. The molecule has 2 aromatic carbocycles. The van der Waals surface area contributed by atoms with Gasteiger partial charge in [-0.1, -0.05) is 39.3 Å². The van der Waals surface area contributed by atoms with E-state index in [2.05, 4.69) is 26.1 Å².